The Kier molecular flexibility index (Phi) is 3.45. The highest BCUT2D eigenvalue weighted by Crippen LogP contribution is 2.29. The van der Waals surface area contributed by atoms with Gasteiger partial charge in [0.05, 0.1) is 5.69 Å². The van der Waals surface area contributed by atoms with Crippen LogP contribution in [-0.2, 0) is 6.42 Å². The molecular formula is C12H17N3S. The highest BCUT2D eigenvalue weighted by Gasteiger charge is 2.20. The summed E-state index contributed by atoms with van der Waals surface area (Å²) in [5, 5.41) is 10.0. The molecule has 0 bridgehead atoms. The Morgan fingerprint density at radius 1 is 1.50 bits per heavy atom. The molecule has 4 heteroatoms. The van der Waals surface area contributed by atoms with E-state index in [1.807, 2.05) is 0 Å². The summed E-state index contributed by atoms with van der Waals surface area (Å²) in [6, 6.07) is 2.24. The molecule has 1 aromatic heterocycles. The molecule has 0 radical (unpaired) electrons. The predicted octanol–water partition coefficient (Wildman–Crippen LogP) is 2.81. The van der Waals surface area contributed by atoms with Gasteiger partial charge in [-0.25, -0.2) is 4.98 Å². The van der Waals surface area contributed by atoms with Gasteiger partial charge in [0.2, 0.25) is 0 Å². The van der Waals surface area contributed by atoms with E-state index in [0.717, 1.165) is 41.1 Å². The van der Waals surface area contributed by atoms with Gasteiger partial charge in [-0.15, -0.1) is 0 Å². The summed E-state index contributed by atoms with van der Waals surface area (Å²) in [6.45, 7) is 6.53. The number of aromatic nitrogens is 1. The van der Waals surface area contributed by atoms with Crippen molar-refractivity contribution in [2.75, 3.05) is 18.0 Å². The average molecular weight is 235 g/mol. The van der Waals surface area contributed by atoms with Crippen LogP contribution in [0.5, 0.6) is 0 Å². The lowest BCUT2D eigenvalue weighted by atomic mass is 10.00. The van der Waals surface area contributed by atoms with E-state index < -0.39 is 0 Å². The first kappa shape index (κ1) is 11.4. The molecule has 1 fully saturated rings. The summed E-state index contributed by atoms with van der Waals surface area (Å²) in [7, 11) is 0. The molecule has 3 nitrogen and oxygen atoms in total. The molecular weight excluding hydrogens is 218 g/mol. The van der Waals surface area contributed by atoms with E-state index in [2.05, 4.69) is 29.8 Å². The smallest absolute Gasteiger partial charge is 0.186 e. The fourth-order valence-corrected chi connectivity index (χ4v) is 3.00. The lowest BCUT2D eigenvalue weighted by molar-refractivity contribution is 0.438. The molecule has 16 heavy (non-hydrogen) atoms. The van der Waals surface area contributed by atoms with Gasteiger partial charge in [0.15, 0.2) is 5.13 Å². The largest absolute Gasteiger partial charge is 0.348 e. The van der Waals surface area contributed by atoms with E-state index >= 15 is 0 Å². The monoisotopic (exact) mass is 235 g/mol. The third-order valence-electron chi connectivity index (χ3n) is 3.18. The minimum Gasteiger partial charge on any atom is -0.348 e. The van der Waals surface area contributed by atoms with E-state index in [4.69, 9.17) is 5.26 Å². The van der Waals surface area contributed by atoms with Gasteiger partial charge in [-0.1, -0.05) is 25.2 Å². The zero-order valence-corrected chi connectivity index (χ0v) is 10.7. The van der Waals surface area contributed by atoms with Crippen LogP contribution in [0.1, 0.15) is 37.3 Å². The van der Waals surface area contributed by atoms with Crippen molar-refractivity contribution in [2.24, 2.45) is 5.92 Å². The lowest BCUT2D eigenvalue weighted by Crippen LogP contribution is -2.32. The van der Waals surface area contributed by atoms with Gasteiger partial charge in [0, 0.05) is 13.1 Å². The summed E-state index contributed by atoms with van der Waals surface area (Å²) >= 11 is 1.55. The first-order valence-electron chi connectivity index (χ1n) is 5.89. The van der Waals surface area contributed by atoms with Gasteiger partial charge >= 0.3 is 0 Å². The van der Waals surface area contributed by atoms with Crippen LogP contribution in [0.15, 0.2) is 0 Å². The van der Waals surface area contributed by atoms with Crippen molar-refractivity contribution in [3.05, 3.63) is 10.6 Å². The summed E-state index contributed by atoms with van der Waals surface area (Å²) in [4.78, 5) is 7.68. The van der Waals surface area contributed by atoms with E-state index in [1.165, 1.54) is 12.8 Å². The average Bonchev–Trinajstić information content (AvgIpc) is 2.73. The van der Waals surface area contributed by atoms with E-state index in [-0.39, 0.29) is 0 Å². The number of hydrogen-bond donors (Lipinski definition) is 0. The Balaban J connectivity index is 2.15. The number of piperidine rings is 1. The molecule has 1 aromatic rings. The third-order valence-corrected chi connectivity index (χ3v) is 4.24. The first-order valence-corrected chi connectivity index (χ1v) is 6.71. The lowest BCUT2D eigenvalue weighted by Gasteiger charge is -2.29. The Bertz CT molecular complexity index is 397. The molecule has 0 amide bonds. The summed E-state index contributed by atoms with van der Waals surface area (Å²) in [6.07, 6.45) is 3.33. The molecule has 1 aliphatic heterocycles. The second-order valence-electron chi connectivity index (χ2n) is 4.41. The molecule has 0 spiro atoms. The fourth-order valence-electron chi connectivity index (χ4n) is 2.00. The highest BCUT2D eigenvalue weighted by atomic mass is 32.1. The van der Waals surface area contributed by atoms with E-state index in [1.54, 1.807) is 11.3 Å². The van der Waals surface area contributed by atoms with Gasteiger partial charge in [0.25, 0.3) is 0 Å². The summed E-state index contributed by atoms with van der Waals surface area (Å²) in [5.41, 5.74) is 0.959. The van der Waals surface area contributed by atoms with Gasteiger partial charge in [-0.05, 0) is 25.2 Å². The number of rotatable bonds is 2. The van der Waals surface area contributed by atoms with Crippen LogP contribution in [-0.4, -0.2) is 18.1 Å². The molecule has 0 aliphatic carbocycles. The van der Waals surface area contributed by atoms with Crippen LogP contribution in [0.25, 0.3) is 0 Å². The van der Waals surface area contributed by atoms with Crippen LogP contribution >= 0.6 is 11.3 Å². The maximum absolute atomic E-state index is 9.01. The van der Waals surface area contributed by atoms with E-state index in [9.17, 15) is 0 Å². The van der Waals surface area contributed by atoms with Crippen molar-refractivity contribution in [3.8, 4) is 6.07 Å². The third kappa shape index (κ3) is 2.19. The molecule has 0 N–H and O–H groups in total. The Hall–Kier alpha value is -1.08. The predicted molar refractivity (Wildman–Crippen MR) is 66.8 cm³/mol. The Labute approximate surface area is 101 Å². The van der Waals surface area contributed by atoms with Gasteiger partial charge in [-0.3, -0.25) is 0 Å². The van der Waals surface area contributed by atoms with Crippen molar-refractivity contribution < 1.29 is 0 Å². The Morgan fingerprint density at radius 3 is 2.69 bits per heavy atom. The fraction of sp³-hybridized carbons (Fsp3) is 0.667. The molecule has 0 aromatic carbocycles. The molecule has 1 aliphatic rings. The molecule has 2 rings (SSSR count). The zero-order chi connectivity index (χ0) is 11.5. The molecule has 2 heterocycles. The van der Waals surface area contributed by atoms with Crippen molar-refractivity contribution in [2.45, 2.75) is 33.1 Å². The topological polar surface area (TPSA) is 39.9 Å². The summed E-state index contributed by atoms with van der Waals surface area (Å²) in [5.74, 6) is 0.831. The van der Waals surface area contributed by atoms with Crippen molar-refractivity contribution in [1.82, 2.24) is 4.98 Å². The number of hydrogen-bond acceptors (Lipinski definition) is 4. The normalized spacial score (nSPS) is 17.4. The number of nitrogens with zero attached hydrogens (tertiary/aromatic N) is 3. The van der Waals surface area contributed by atoms with Crippen LogP contribution in [0, 0.1) is 17.2 Å². The number of aryl methyl sites for hydroxylation is 1. The second-order valence-corrected chi connectivity index (χ2v) is 5.38. The highest BCUT2D eigenvalue weighted by molar-refractivity contribution is 7.16. The molecule has 1 saturated heterocycles. The van der Waals surface area contributed by atoms with Gasteiger partial charge in [-0.2, -0.15) is 5.26 Å². The molecule has 0 atom stereocenters. The maximum Gasteiger partial charge on any atom is 0.186 e. The maximum atomic E-state index is 9.01. The zero-order valence-electron chi connectivity index (χ0n) is 9.86. The number of thiazole rings is 1. The Morgan fingerprint density at radius 2 is 2.19 bits per heavy atom. The standard InChI is InChI=1S/C12H17N3S/c1-3-10-11(8-13)16-12(14-10)15-6-4-9(2)5-7-15/h9H,3-7H2,1-2H3. The second kappa shape index (κ2) is 4.84. The van der Waals surface area contributed by atoms with Gasteiger partial charge in [0.1, 0.15) is 10.9 Å². The molecule has 86 valence electrons. The van der Waals surface area contributed by atoms with Crippen molar-refractivity contribution >= 4 is 16.5 Å². The quantitative estimate of drug-likeness (QED) is 0.791. The van der Waals surface area contributed by atoms with E-state index in [0.29, 0.717) is 0 Å². The first-order chi connectivity index (χ1) is 7.74. The minimum atomic E-state index is 0.788. The minimum absolute atomic E-state index is 0.788. The van der Waals surface area contributed by atoms with Crippen LogP contribution < -0.4 is 4.90 Å². The van der Waals surface area contributed by atoms with Crippen LogP contribution in [0.4, 0.5) is 5.13 Å². The SMILES string of the molecule is CCc1nc(N2CCC(C)CC2)sc1C#N. The van der Waals surface area contributed by atoms with Crippen LogP contribution in [0.3, 0.4) is 0 Å². The number of anilines is 1. The van der Waals surface area contributed by atoms with Crippen LogP contribution in [0.2, 0.25) is 0 Å². The number of nitriles is 1. The molecule has 0 unspecified atom stereocenters. The van der Waals surface area contributed by atoms with Crippen molar-refractivity contribution in [3.63, 3.8) is 0 Å². The van der Waals surface area contributed by atoms with Gasteiger partial charge < -0.3 is 4.90 Å². The van der Waals surface area contributed by atoms with Crippen molar-refractivity contribution in [1.29, 1.82) is 5.26 Å². The summed E-state index contributed by atoms with van der Waals surface area (Å²) < 4.78 is 0. The molecule has 0 saturated carbocycles.